The van der Waals surface area contributed by atoms with Gasteiger partial charge in [-0.1, -0.05) is 275 Å². The Hall–Kier alpha value is -10.2. The van der Waals surface area contributed by atoms with Crippen molar-refractivity contribution in [2.45, 2.75) is 57.8 Å². The van der Waals surface area contributed by atoms with Crippen LogP contribution in [-0.4, -0.2) is 5.75 Å². The third-order valence-corrected chi connectivity index (χ3v) is 19.0. The molecule has 15 aromatic carbocycles. The third-order valence-electron chi connectivity index (χ3n) is 18.7. The quantitative estimate of drug-likeness (QED) is 0.0462. The molecular formula is C88H72N2S. The van der Waals surface area contributed by atoms with Crippen molar-refractivity contribution in [2.24, 2.45) is 0 Å². The molecule has 0 unspecified atom stereocenters. The lowest BCUT2D eigenvalue weighted by Gasteiger charge is -2.28. The first-order valence-corrected chi connectivity index (χ1v) is 33.3. The summed E-state index contributed by atoms with van der Waals surface area (Å²) in [4.78, 5) is 4.90. The second-order valence-electron chi connectivity index (χ2n) is 24.5. The van der Waals surface area contributed by atoms with Crippen molar-refractivity contribution in [3.05, 3.63) is 315 Å². The van der Waals surface area contributed by atoms with Gasteiger partial charge in [-0.25, -0.2) is 0 Å². The molecule has 0 aromatic heterocycles. The van der Waals surface area contributed by atoms with Gasteiger partial charge in [0.25, 0.3) is 0 Å². The molecule has 440 valence electrons. The van der Waals surface area contributed by atoms with Gasteiger partial charge >= 0.3 is 0 Å². The maximum Gasteiger partial charge on any atom is 0.0468 e. The van der Waals surface area contributed by atoms with Crippen molar-refractivity contribution in [2.75, 3.05) is 15.6 Å². The van der Waals surface area contributed by atoms with Gasteiger partial charge in [0.15, 0.2) is 0 Å². The van der Waals surface area contributed by atoms with E-state index in [0.717, 1.165) is 46.3 Å². The third kappa shape index (κ3) is 11.7. The van der Waals surface area contributed by atoms with Crippen molar-refractivity contribution in [1.29, 1.82) is 0 Å². The molecule has 0 amide bonds. The highest BCUT2D eigenvalue weighted by atomic mass is 32.1. The largest absolute Gasteiger partial charge is 0.310 e. The number of nitrogens with zero attached hydrogens (tertiary/aromatic N) is 2. The smallest absolute Gasteiger partial charge is 0.0468 e. The first-order valence-electron chi connectivity index (χ1n) is 32.6. The van der Waals surface area contributed by atoms with Gasteiger partial charge in [0, 0.05) is 34.1 Å². The zero-order valence-corrected chi connectivity index (χ0v) is 52.3. The molecule has 0 aliphatic carbocycles. The Morgan fingerprint density at radius 3 is 1.07 bits per heavy atom. The second-order valence-corrected chi connectivity index (χ2v) is 24.9. The van der Waals surface area contributed by atoms with Crippen molar-refractivity contribution < 1.29 is 0 Å². The summed E-state index contributed by atoms with van der Waals surface area (Å²) >= 11 is 4.42. The normalized spacial score (nSPS) is 11.6. The van der Waals surface area contributed by atoms with Gasteiger partial charge in [-0.3, -0.25) is 0 Å². The monoisotopic (exact) mass is 1190 g/mol. The number of benzene rings is 15. The number of thiol groups is 1. The van der Waals surface area contributed by atoms with E-state index < -0.39 is 0 Å². The second kappa shape index (κ2) is 26.1. The average Bonchev–Trinajstić information content (AvgIpc) is 0.775. The van der Waals surface area contributed by atoms with Gasteiger partial charge < -0.3 is 9.80 Å². The Kier molecular flexibility index (Phi) is 16.4. The molecule has 2 nitrogen and oxygen atoms in total. The molecule has 0 atom stereocenters. The first kappa shape index (κ1) is 57.3. The summed E-state index contributed by atoms with van der Waals surface area (Å²) < 4.78 is 0. The minimum atomic E-state index is 0.995. The highest BCUT2D eigenvalue weighted by Crippen LogP contribution is 2.49. The van der Waals surface area contributed by atoms with E-state index in [-0.39, 0.29) is 0 Å². The summed E-state index contributed by atoms with van der Waals surface area (Å²) in [6.45, 7) is 0. The Balaban J connectivity index is 0.912. The summed E-state index contributed by atoms with van der Waals surface area (Å²) in [5.41, 5.74) is 17.6. The van der Waals surface area contributed by atoms with Gasteiger partial charge in [-0.15, -0.1) is 0 Å². The molecule has 0 saturated heterocycles. The predicted molar refractivity (Wildman–Crippen MR) is 397 cm³/mol. The van der Waals surface area contributed by atoms with E-state index in [2.05, 4.69) is 332 Å². The fourth-order valence-electron chi connectivity index (χ4n) is 14.1. The van der Waals surface area contributed by atoms with Crippen LogP contribution in [0.2, 0.25) is 0 Å². The highest BCUT2D eigenvalue weighted by Gasteiger charge is 2.23. The van der Waals surface area contributed by atoms with Crippen molar-refractivity contribution >= 4 is 111 Å². The fourth-order valence-corrected chi connectivity index (χ4v) is 14.3. The lowest BCUT2D eigenvalue weighted by atomic mass is 9.85. The van der Waals surface area contributed by atoms with E-state index >= 15 is 0 Å². The number of anilines is 6. The van der Waals surface area contributed by atoms with Crippen LogP contribution in [0.3, 0.4) is 0 Å². The van der Waals surface area contributed by atoms with Crippen LogP contribution >= 0.6 is 12.6 Å². The first-order chi connectivity index (χ1) is 45.1. The number of hydrogen-bond acceptors (Lipinski definition) is 3. The SMILES string of the molecule is SCCCCCCCCCCc1ccc(-c2c3ccc(N(c4ccc(-c5cccc6ccccc56)cc4)c4ccc5ccccc5c4)cc3c(-c3ccccc3)c3ccc(N(c4ccc(-c5cccc6ccccc56)cc4)c4ccc5ccccc5c4)cc23)cc1. The Morgan fingerprint density at radius 1 is 0.220 bits per heavy atom. The highest BCUT2D eigenvalue weighted by molar-refractivity contribution is 7.80. The Morgan fingerprint density at radius 2 is 0.582 bits per heavy atom. The summed E-state index contributed by atoms with van der Waals surface area (Å²) in [7, 11) is 0. The van der Waals surface area contributed by atoms with E-state index in [0.29, 0.717) is 0 Å². The summed E-state index contributed by atoms with van der Waals surface area (Å²) in [6, 6.07) is 115. The lowest BCUT2D eigenvalue weighted by molar-refractivity contribution is 0.577. The summed E-state index contributed by atoms with van der Waals surface area (Å²) in [6.07, 6.45) is 11.3. The molecule has 0 fully saturated rings. The molecule has 91 heavy (non-hydrogen) atoms. The van der Waals surface area contributed by atoms with Gasteiger partial charge in [-0.2, -0.15) is 12.6 Å². The number of hydrogen-bond donors (Lipinski definition) is 1. The van der Waals surface area contributed by atoms with Crippen LogP contribution in [0.25, 0.3) is 109 Å². The number of unbranched alkanes of at least 4 members (excludes halogenated alkanes) is 7. The van der Waals surface area contributed by atoms with Crippen LogP contribution in [-0.2, 0) is 6.42 Å². The van der Waals surface area contributed by atoms with Crippen LogP contribution in [0.1, 0.15) is 56.9 Å². The zero-order chi connectivity index (χ0) is 60.9. The van der Waals surface area contributed by atoms with Gasteiger partial charge in [0.1, 0.15) is 0 Å². The maximum absolute atomic E-state index is 4.42. The summed E-state index contributed by atoms with van der Waals surface area (Å²) in [5.74, 6) is 0.995. The van der Waals surface area contributed by atoms with Crippen LogP contribution < -0.4 is 9.80 Å². The molecular weight excluding hydrogens is 1120 g/mol. The molecule has 0 bridgehead atoms. The molecule has 15 rings (SSSR count). The molecule has 0 aliphatic heterocycles. The standard InChI is InChI=1S/C88H72N2S/c91-57-19-6-4-2-1-3-5-8-22-62-37-39-70(40-38-62)88-84-56-54-77(89(75-51-41-63-23-11-13-29-71(63)58-75)73-47-43-67(44-48-73)81-35-20-31-65-25-15-17-33-79(65)81)60-85(84)87(69-27-9-7-10-28-69)83-55-53-78(61-86(83)88)90(76-52-42-64-24-12-14-30-72(64)59-76)74-49-45-68(46-50-74)82-36-21-32-66-26-16-18-34-80(66)82/h7,9-18,20-21,23-56,58-61,91H,1-6,8,19,22,57H2. The molecule has 0 radical (unpaired) electrons. The van der Waals surface area contributed by atoms with Gasteiger partial charge in [-0.05, 0) is 213 Å². The van der Waals surface area contributed by atoms with E-state index in [9.17, 15) is 0 Å². The molecule has 0 aliphatic rings. The minimum absolute atomic E-state index is 0.995. The Labute approximate surface area is 540 Å². The maximum atomic E-state index is 4.42. The van der Waals surface area contributed by atoms with E-state index in [1.165, 1.54) is 166 Å². The van der Waals surface area contributed by atoms with Crippen molar-refractivity contribution in [3.8, 4) is 44.5 Å². The molecule has 0 spiro atoms. The number of fused-ring (bicyclic) bond motifs is 6. The molecule has 3 heteroatoms. The topological polar surface area (TPSA) is 6.48 Å². The van der Waals surface area contributed by atoms with E-state index in [1.54, 1.807) is 0 Å². The molecule has 0 saturated carbocycles. The number of aryl methyl sites for hydroxylation is 1. The predicted octanol–water partition coefficient (Wildman–Crippen LogP) is 25.8. The fraction of sp³-hybridized carbons (Fsp3) is 0.114. The molecule has 0 heterocycles. The van der Waals surface area contributed by atoms with Crippen molar-refractivity contribution in [1.82, 2.24) is 0 Å². The van der Waals surface area contributed by atoms with Crippen LogP contribution in [0.4, 0.5) is 34.1 Å². The minimum Gasteiger partial charge on any atom is -0.310 e. The van der Waals surface area contributed by atoms with Gasteiger partial charge in [0.05, 0.1) is 0 Å². The van der Waals surface area contributed by atoms with Crippen LogP contribution in [0.15, 0.2) is 309 Å². The van der Waals surface area contributed by atoms with Crippen LogP contribution in [0.5, 0.6) is 0 Å². The van der Waals surface area contributed by atoms with E-state index in [4.69, 9.17) is 0 Å². The average molecular weight is 1190 g/mol. The lowest BCUT2D eigenvalue weighted by Crippen LogP contribution is -2.10. The van der Waals surface area contributed by atoms with E-state index in [1.807, 2.05) is 0 Å². The zero-order valence-electron chi connectivity index (χ0n) is 51.4. The summed E-state index contributed by atoms with van der Waals surface area (Å²) in [5, 5.41) is 14.6. The van der Waals surface area contributed by atoms with Gasteiger partial charge in [0.2, 0.25) is 0 Å². The van der Waals surface area contributed by atoms with Crippen LogP contribution in [0, 0.1) is 0 Å². The molecule has 0 N–H and O–H groups in total. The number of rotatable bonds is 20. The molecule has 15 aromatic rings. The van der Waals surface area contributed by atoms with Crippen molar-refractivity contribution in [3.63, 3.8) is 0 Å². The Bertz CT molecular complexity index is 5060.